The quantitative estimate of drug-likeness (QED) is 0.792. The van der Waals surface area contributed by atoms with Gasteiger partial charge in [0.15, 0.2) is 0 Å². The Morgan fingerprint density at radius 1 is 1.36 bits per heavy atom. The number of hydrogen-bond acceptors (Lipinski definition) is 5. The van der Waals surface area contributed by atoms with Crippen LogP contribution < -0.4 is 11.1 Å². The van der Waals surface area contributed by atoms with Crippen LogP contribution in [0.1, 0.15) is 30.0 Å². The van der Waals surface area contributed by atoms with Crippen LogP contribution in [0.2, 0.25) is 0 Å². The van der Waals surface area contributed by atoms with Crippen LogP contribution in [0, 0.1) is 11.3 Å². The highest BCUT2D eigenvalue weighted by Gasteiger charge is 2.23. The van der Waals surface area contributed by atoms with Crippen LogP contribution in [0.15, 0.2) is 30.3 Å². The third kappa shape index (κ3) is 2.84. The van der Waals surface area contributed by atoms with Crippen LogP contribution in [0.4, 0.5) is 5.82 Å². The second kappa shape index (κ2) is 6.65. The molecule has 1 saturated heterocycles. The van der Waals surface area contributed by atoms with E-state index in [1.807, 2.05) is 12.1 Å². The number of nitrogens with one attached hydrogen (secondary N) is 1. The molecular weight excluding hydrogens is 300 g/mol. The maximum Gasteiger partial charge on any atom is 0.142 e. The standard InChI is InChI=1S/C16H16N4O.ClH/c17-9-12-11(13-5-3-7-19-13)8-14(20-16(12)18)10-4-1-2-6-15(10)21;/h1-2,4,6,8,13,19,21H,3,5,7H2,(H2,18,20);1H/t13-;/m0./s1. The van der Waals surface area contributed by atoms with E-state index in [2.05, 4.69) is 16.4 Å². The Labute approximate surface area is 135 Å². The van der Waals surface area contributed by atoms with Crippen LogP contribution in [0.5, 0.6) is 5.75 Å². The minimum Gasteiger partial charge on any atom is -0.507 e. The lowest BCUT2D eigenvalue weighted by Crippen LogP contribution is -2.15. The molecule has 4 N–H and O–H groups in total. The molecule has 2 heterocycles. The fourth-order valence-electron chi connectivity index (χ4n) is 2.76. The second-order valence-electron chi connectivity index (χ2n) is 5.13. The number of halogens is 1. The summed E-state index contributed by atoms with van der Waals surface area (Å²) in [6, 6.07) is 11.1. The third-order valence-electron chi connectivity index (χ3n) is 3.81. The number of nitrogen functional groups attached to an aromatic ring is 1. The molecule has 1 aliphatic heterocycles. The third-order valence-corrected chi connectivity index (χ3v) is 3.81. The number of phenols is 1. The van der Waals surface area contributed by atoms with Gasteiger partial charge in [0.2, 0.25) is 0 Å². The molecular formula is C16H17ClN4O. The summed E-state index contributed by atoms with van der Waals surface area (Å²) in [5.74, 6) is 0.362. The molecule has 1 aromatic heterocycles. The summed E-state index contributed by atoms with van der Waals surface area (Å²) in [5.41, 5.74) is 8.44. The van der Waals surface area contributed by atoms with Gasteiger partial charge in [0.05, 0.1) is 11.3 Å². The summed E-state index contributed by atoms with van der Waals surface area (Å²) in [7, 11) is 0. The van der Waals surface area contributed by atoms with E-state index in [9.17, 15) is 10.4 Å². The molecule has 1 atom stereocenters. The molecule has 114 valence electrons. The maximum absolute atomic E-state index is 9.98. The van der Waals surface area contributed by atoms with Crippen molar-refractivity contribution in [3.63, 3.8) is 0 Å². The lowest BCUT2D eigenvalue weighted by atomic mass is 9.97. The summed E-state index contributed by atoms with van der Waals surface area (Å²) in [5, 5.41) is 22.7. The fourth-order valence-corrected chi connectivity index (χ4v) is 2.76. The van der Waals surface area contributed by atoms with Gasteiger partial charge in [-0.1, -0.05) is 12.1 Å². The zero-order valence-electron chi connectivity index (χ0n) is 11.9. The van der Waals surface area contributed by atoms with Crippen LogP contribution in [0.25, 0.3) is 11.3 Å². The average molecular weight is 317 g/mol. The van der Waals surface area contributed by atoms with Gasteiger partial charge in [0.25, 0.3) is 0 Å². The Kier molecular flexibility index (Phi) is 4.86. The van der Waals surface area contributed by atoms with Crippen molar-refractivity contribution in [1.82, 2.24) is 10.3 Å². The predicted molar refractivity (Wildman–Crippen MR) is 87.7 cm³/mol. The molecule has 0 amide bonds. The Bertz CT molecular complexity index is 721. The molecule has 0 aliphatic carbocycles. The summed E-state index contributed by atoms with van der Waals surface area (Å²) < 4.78 is 0. The largest absolute Gasteiger partial charge is 0.507 e. The Hall–Kier alpha value is -2.29. The molecule has 2 aromatic rings. The summed E-state index contributed by atoms with van der Waals surface area (Å²) >= 11 is 0. The minimum absolute atomic E-state index is 0. The second-order valence-corrected chi connectivity index (χ2v) is 5.13. The lowest BCUT2D eigenvalue weighted by molar-refractivity contribution is 0.477. The fraction of sp³-hybridized carbons (Fsp3) is 0.250. The molecule has 0 bridgehead atoms. The molecule has 0 radical (unpaired) electrons. The van der Waals surface area contributed by atoms with E-state index in [4.69, 9.17) is 5.73 Å². The van der Waals surface area contributed by atoms with Gasteiger partial charge in [0, 0.05) is 11.6 Å². The number of rotatable bonds is 2. The average Bonchev–Trinajstić information content (AvgIpc) is 3.01. The first-order chi connectivity index (χ1) is 10.2. The van der Waals surface area contributed by atoms with Crippen molar-refractivity contribution in [1.29, 1.82) is 5.26 Å². The Morgan fingerprint density at radius 3 is 2.77 bits per heavy atom. The smallest absolute Gasteiger partial charge is 0.142 e. The van der Waals surface area contributed by atoms with Crippen molar-refractivity contribution in [2.45, 2.75) is 18.9 Å². The van der Waals surface area contributed by atoms with Gasteiger partial charge in [0.1, 0.15) is 17.6 Å². The van der Waals surface area contributed by atoms with Gasteiger partial charge >= 0.3 is 0 Å². The van der Waals surface area contributed by atoms with Crippen LogP contribution in [-0.4, -0.2) is 16.6 Å². The first kappa shape index (κ1) is 16.1. The highest BCUT2D eigenvalue weighted by Crippen LogP contribution is 2.34. The van der Waals surface area contributed by atoms with Crippen molar-refractivity contribution in [2.75, 3.05) is 12.3 Å². The number of nitrogens with zero attached hydrogens (tertiary/aromatic N) is 2. The summed E-state index contributed by atoms with van der Waals surface area (Å²) in [6.45, 7) is 0.934. The topological polar surface area (TPSA) is 95.0 Å². The molecule has 0 unspecified atom stereocenters. The number of hydrogen-bond donors (Lipinski definition) is 3. The van der Waals surface area contributed by atoms with Gasteiger partial charge in [-0.05, 0) is 43.1 Å². The van der Waals surface area contributed by atoms with E-state index < -0.39 is 0 Å². The number of aromatic nitrogens is 1. The van der Waals surface area contributed by atoms with E-state index in [1.54, 1.807) is 18.2 Å². The number of aromatic hydroxyl groups is 1. The maximum atomic E-state index is 9.98. The number of para-hydroxylation sites is 1. The summed E-state index contributed by atoms with van der Waals surface area (Å²) in [6.07, 6.45) is 2.04. The monoisotopic (exact) mass is 316 g/mol. The van der Waals surface area contributed by atoms with E-state index in [1.165, 1.54) is 0 Å². The van der Waals surface area contributed by atoms with Gasteiger partial charge in [-0.3, -0.25) is 0 Å². The zero-order chi connectivity index (χ0) is 14.8. The van der Waals surface area contributed by atoms with E-state index in [0.29, 0.717) is 16.8 Å². The number of phenolic OH excluding ortho intramolecular Hbond substituents is 1. The first-order valence-corrected chi connectivity index (χ1v) is 6.93. The van der Waals surface area contributed by atoms with Crippen molar-refractivity contribution in [3.05, 3.63) is 41.5 Å². The van der Waals surface area contributed by atoms with Crippen LogP contribution in [0.3, 0.4) is 0 Å². The van der Waals surface area contributed by atoms with E-state index >= 15 is 0 Å². The number of nitrogens with two attached hydrogens (primary N) is 1. The normalized spacial score (nSPS) is 16.8. The number of nitriles is 1. The van der Waals surface area contributed by atoms with E-state index in [0.717, 1.165) is 24.9 Å². The molecule has 0 spiro atoms. The van der Waals surface area contributed by atoms with Crippen molar-refractivity contribution >= 4 is 18.2 Å². The van der Waals surface area contributed by atoms with Crippen LogP contribution in [-0.2, 0) is 0 Å². The molecule has 6 heteroatoms. The Morgan fingerprint density at radius 2 is 2.14 bits per heavy atom. The number of benzene rings is 1. The SMILES string of the molecule is Cl.N#Cc1c([C@@H]2CCCN2)cc(-c2ccccc2O)nc1N. The highest BCUT2D eigenvalue weighted by atomic mass is 35.5. The molecule has 1 aromatic carbocycles. The number of anilines is 1. The zero-order valence-corrected chi connectivity index (χ0v) is 12.7. The molecule has 3 rings (SSSR count). The molecule has 22 heavy (non-hydrogen) atoms. The molecule has 5 nitrogen and oxygen atoms in total. The van der Waals surface area contributed by atoms with Gasteiger partial charge in [-0.15, -0.1) is 12.4 Å². The van der Waals surface area contributed by atoms with Gasteiger partial charge in [-0.2, -0.15) is 5.26 Å². The Balaban J connectivity index is 0.00000176. The van der Waals surface area contributed by atoms with Crippen LogP contribution >= 0.6 is 12.4 Å². The predicted octanol–water partition coefficient (Wildman–Crippen LogP) is 2.75. The van der Waals surface area contributed by atoms with E-state index in [-0.39, 0.29) is 30.0 Å². The van der Waals surface area contributed by atoms with Gasteiger partial charge < -0.3 is 16.2 Å². The molecule has 1 fully saturated rings. The highest BCUT2D eigenvalue weighted by molar-refractivity contribution is 5.85. The van der Waals surface area contributed by atoms with Gasteiger partial charge in [-0.25, -0.2) is 4.98 Å². The minimum atomic E-state index is 0. The van der Waals surface area contributed by atoms with Crippen molar-refractivity contribution in [3.8, 4) is 23.1 Å². The first-order valence-electron chi connectivity index (χ1n) is 6.93. The van der Waals surface area contributed by atoms with Crippen molar-refractivity contribution in [2.24, 2.45) is 0 Å². The van der Waals surface area contributed by atoms with Crippen molar-refractivity contribution < 1.29 is 5.11 Å². The molecule has 1 aliphatic rings. The lowest BCUT2D eigenvalue weighted by Gasteiger charge is -2.15. The molecule has 0 saturated carbocycles. The summed E-state index contributed by atoms with van der Waals surface area (Å²) in [4.78, 5) is 4.27. The number of pyridine rings is 1.